The van der Waals surface area contributed by atoms with E-state index in [1.54, 1.807) is 25.3 Å². The standard InChI is InChI=1S/C11H16N2O3/c1-15-7-6-13-11(14)8-4-3-5-9(16-2)10(8)12/h3-5H,6-7,12H2,1-2H3,(H,13,14). The summed E-state index contributed by atoms with van der Waals surface area (Å²) in [5.41, 5.74) is 6.54. The smallest absolute Gasteiger partial charge is 0.253 e. The number of amides is 1. The molecule has 0 fully saturated rings. The Balaban J connectivity index is 2.75. The van der Waals surface area contributed by atoms with Crippen molar-refractivity contribution in [2.45, 2.75) is 0 Å². The van der Waals surface area contributed by atoms with Crippen molar-refractivity contribution in [2.75, 3.05) is 33.1 Å². The maximum atomic E-state index is 11.7. The van der Waals surface area contributed by atoms with Crippen LogP contribution in [-0.4, -0.2) is 33.3 Å². The number of rotatable bonds is 5. The van der Waals surface area contributed by atoms with Gasteiger partial charge in [0.2, 0.25) is 0 Å². The summed E-state index contributed by atoms with van der Waals surface area (Å²) in [6.45, 7) is 0.918. The molecule has 0 unspecified atom stereocenters. The van der Waals surface area contributed by atoms with Crippen LogP contribution in [0.5, 0.6) is 5.75 Å². The highest BCUT2D eigenvalue weighted by atomic mass is 16.5. The van der Waals surface area contributed by atoms with Crippen LogP contribution in [0.4, 0.5) is 5.69 Å². The van der Waals surface area contributed by atoms with Crippen LogP contribution in [0.2, 0.25) is 0 Å². The lowest BCUT2D eigenvalue weighted by Crippen LogP contribution is -2.27. The zero-order valence-electron chi connectivity index (χ0n) is 9.45. The second-order valence-electron chi connectivity index (χ2n) is 3.17. The van der Waals surface area contributed by atoms with Gasteiger partial charge in [0.05, 0.1) is 25.0 Å². The molecular formula is C11H16N2O3. The van der Waals surface area contributed by atoms with Gasteiger partial charge in [-0.2, -0.15) is 0 Å². The van der Waals surface area contributed by atoms with Crippen LogP contribution >= 0.6 is 0 Å². The summed E-state index contributed by atoms with van der Waals surface area (Å²) in [7, 11) is 3.09. The number of nitrogens with one attached hydrogen (secondary N) is 1. The third-order valence-electron chi connectivity index (χ3n) is 2.12. The second-order valence-corrected chi connectivity index (χ2v) is 3.17. The molecule has 16 heavy (non-hydrogen) atoms. The van der Waals surface area contributed by atoms with Gasteiger partial charge in [-0.25, -0.2) is 0 Å². The molecule has 3 N–H and O–H groups in total. The van der Waals surface area contributed by atoms with Gasteiger partial charge in [-0.1, -0.05) is 6.07 Å². The van der Waals surface area contributed by atoms with Crippen LogP contribution in [0.3, 0.4) is 0 Å². The molecule has 0 saturated heterocycles. The molecule has 1 aromatic rings. The number of hydrogen-bond donors (Lipinski definition) is 2. The number of methoxy groups -OCH3 is 2. The molecule has 1 amide bonds. The number of nitrogen functional groups attached to an aromatic ring is 1. The minimum Gasteiger partial charge on any atom is -0.495 e. The molecule has 0 saturated carbocycles. The van der Waals surface area contributed by atoms with Crippen molar-refractivity contribution in [3.63, 3.8) is 0 Å². The van der Waals surface area contributed by atoms with Crippen molar-refractivity contribution in [2.24, 2.45) is 0 Å². The number of para-hydroxylation sites is 1. The van der Waals surface area contributed by atoms with Crippen molar-refractivity contribution in [1.29, 1.82) is 0 Å². The van der Waals surface area contributed by atoms with Crippen molar-refractivity contribution in [1.82, 2.24) is 5.32 Å². The molecule has 0 spiro atoms. The first kappa shape index (κ1) is 12.3. The van der Waals surface area contributed by atoms with Gasteiger partial charge in [0.15, 0.2) is 0 Å². The summed E-state index contributed by atoms with van der Waals surface area (Å²) >= 11 is 0. The van der Waals surface area contributed by atoms with Gasteiger partial charge < -0.3 is 20.5 Å². The highest BCUT2D eigenvalue weighted by Gasteiger charge is 2.11. The molecule has 5 heteroatoms. The van der Waals surface area contributed by atoms with E-state index in [-0.39, 0.29) is 5.91 Å². The summed E-state index contributed by atoms with van der Waals surface area (Å²) in [5.74, 6) is 0.271. The minimum atomic E-state index is -0.228. The number of anilines is 1. The van der Waals surface area contributed by atoms with Gasteiger partial charge in [0.25, 0.3) is 5.91 Å². The number of benzene rings is 1. The second kappa shape index (κ2) is 5.97. The van der Waals surface area contributed by atoms with Crippen molar-refractivity contribution < 1.29 is 14.3 Å². The third kappa shape index (κ3) is 2.87. The van der Waals surface area contributed by atoms with Crippen LogP contribution in [0.1, 0.15) is 10.4 Å². The molecule has 0 aliphatic carbocycles. The quantitative estimate of drug-likeness (QED) is 0.569. The summed E-state index contributed by atoms with van der Waals surface area (Å²) < 4.78 is 9.86. The highest BCUT2D eigenvalue weighted by Crippen LogP contribution is 2.24. The number of carbonyl (C=O) groups is 1. The Hall–Kier alpha value is -1.75. The molecule has 0 bridgehead atoms. The van der Waals surface area contributed by atoms with Gasteiger partial charge >= 0.3 is 0 Å². The predicted molar refractivity (Wildman–Crippen MR) is 61.6 cm³/mol. The van der Waals surface area contributed by atoms with Crippen LogP contribution in [0.25, 0.3) is 0 Å². The van der Waals surface area contributed by atoms with E-state index in [2.05, 4.69) is 5.32 Å². The Bertz CT molecular complexity index is 366. The molecule has 88 valence electrons. The van der Waals surface area contributed by atoms with Gasteiger partial charge in [-0.05, 0) is 12.1 Å². The lowest BCUT2D eigenvalue weighted by atomic mass is 10.1. The number of nitrogens with two attached hydrogens (primary N) is 1. The topological polar surface area (TPSA) is 73.6 Å². The van der Waals surface area contributed by atoms with Crippen molar-refractivity contribution in [3.8, 4) is 5.75 Å². The van der Waals surface area contributed by atoms with E-state index in [1.807, 2.05) is 0 Å². The molecule has 0 heterocycles. The summed E-state index contributed by atoms with van der Waals surface area (Å²) in [4.78, 5) is 11.7. The van der Waals surface area contributed by atoms with E-state index < -0.39 is 0 Å². The van der Waals surface area contributed by atoms with Gasteiger partial charge in [-0.3, -0.25) is 4.79 Å². The van der Waals surface area contributed by atoms with E-state index in [4.69, 9.17) is 15.2 Å². The summed E-state index contributed by atoms with van der Waals surface area (Å²) in [5, 5.41) is 2.69. The van der Waals surface area contributed by atoms with E-state index in [1.165, 1.54) is 7.11 Å². The SMILES string of the molecule is COCCNC(=O)c1cccc(OC)c1N. The normalized spacial score (nSPS) is 9.88. The molecule has 1 rings (SSSR count). The van der Waals surface area contributed by atoms with E-state index >= 15 is 0 Å². The Morgan fingerprint density at radius 2 is 2.19 bits per heavy atom. The van der Waals surface area contributed by atoms with Crippen LogP contribution in [0.15, 0.2) is 18.2 Å². The molecule has 0 aromatic heterocycles. The Morgan fingerprint density at radius 3 is 2.81 bits per heavy atom. The van der Waals surface area contributed by atoms with Gasteiger partial charge in [0.1, 0.15) is 5.75 Å². The average Bonchev–Trinajstić information content (AvgIpc) is 2.29. The fourth-order valence-corrected chi connectivity index (χ4v) is 1.28. The first-order valence-corrected chi connectivity index (χ1v) is 4.90. The Labute approximate surface area is 94.5 Å². The number of hydrogen-bond acceptors (Lipinski definition) is 4. The first-order valence-electron chi connectivity index (χ1n) is 4.90. The van der Waals surface area contributed by atoms with E-state index in [9.17, 15) is 4.79 Å². The summed E-state index contributed by atoms with van der Waals surface area (Å²) in [6, 6.07) is 5.09. The number of ether oxygens (including phenoxy) is 2. The van der Waals surface area contributed by atoms with Crippen LogP contribution in [0, 0.1) is 0 Å². The monoisotopic (exact) mass is 224 g/mol. The Kier molecular flexibility index (Phi) is 4.60. The van der Waals surface area contributed by atoms with Crippen LogP contribution in [-0.2, 0) is 4.74 Å². The third-order valence-corrected chi connectivity index (χ3v) is 2.12. The Morgan fingerprint density at radius 1 is 1.44 bits per heavy atom. The molecule has 0 aliphatic heterocycles. The largest absolute Gasteiger partial charge is 0.495 e. The van der Waals surface area contributed by atoms with E-state index in [0.717, 1.165) is 0 Å². The molecule has 5 nitrogen and oxygen atoms in total. The molecular weight excluding hydrogens is 208 g/mol. The number of carbonyl (C=O) groups excluding carboxylic acids is 1. The van der Waals surface area contributed by atoms with Gasteiger partial charge in [0, 0.05) is 13.7 Å². The summed E-state index contributed by atoms with van der Waals surface area (Å²) in [6.07, 6.45) is 0. The van der Waals surface area contributed by atoms with Gasteiger partial charge in [-0.15, -0.1) is 0 Å². The maximum Gasteiger partial charge on any atom is 0.253 e. The predicted octanol–water partition coefficient (Wildman–Crippen LogP) is 0.654. The van der Waals surface area contributed by atoms with Crippen molar-refractivity contribution >= 4 is 11.6 Å². The van der Waals surface area contributed by atoms with Crippen LogP contribution < -0.4 is 15.8 Å². The molecule has 0 atom stereocenters. The zero-order chi connectivity index (χ0) is 12.0. The van der Waals surface area contributed by atoms with E-state index in [0.29, 0.717) is 30.2 Å². The molecule has 0 radical (unpaired) electrons. The highest BCUT2D eigenvalue weighted by molar-refractivity contribution is 6.00. The zero-order valence-corrected chi connectivity index (χ0v) is 9.45. The van der Waals surface area contributed by atoms with Crippen molar-refractivity contribution in [3.05, 3.63) is 23.8 Å². The first-order chi connectivity index (χ1) is 7.70. The lowest BCUT2D eigenvalue weighted by Gasteiger charge is -2.10. The fourth-order valence-electron chi connectivity index (χ4n) is 1.28. The molecule has 0 aliphatic rings. The fraction of sp³-hybridized carbons (Fsp3) is 0.364. The molecule has 1 aromatic carbocycles. The minimum absolute atomic E-state index is 0.228. The lowest BCUT2D eigenvalue weighted by molar-refractivity contribution is 0.0937. The average molecular weight is 224 g/mol. The maximum absolute atomic E-state index is 11.7.